The van der Waals surface area contributed by atoms with Gasteiger partial charge in [0.25, 0.3) is 0 Å². The number of rotatable bonds is 3. The highest BCUT2D eigenvalue weighted by Crippen LogP contribution is 2.29. The molecule has 2 rings (SSSR count). The molecule has 0 saturated carbocycles. The largest absolute Gasteiger partial charge is 0.330 e. The highest BCUT2D eigenvalue weighted by molar-refractivity contribution is 6.42. The summed E-state index contributed by atoms with van der Waals surface area (Å²) in [4.78, 5) is 0. The average molecular weight is 266 g/mol. The van der Waals surface area contributed by atoms with Gasteiger partial charge in [-0.3, -0.25) is 0 Å². The molecule has 2 aromatic carbocycles. The van der Waals surface area contributed by atoms with Crippen LogP contribution >= 0.6 is 23.2 Å². The van der Waals surface area contributed by atoms with Crippen LogP contribution in [-0.4, -0.2) is 6.54 Å². The lowest BCUT2D eigenvalue weighted by molar-refractivity contribution is 0.819. The minimum Gasteiger partial charge on any atom is -0.330 e. The van der Waals surface area contributed by atoms with E-state index in [0.717, 1.165) is 5.56 Å². The van der Waals surface area contributed by atoms with E-state index in [1.165, 1.54) is 5.56 Å². The summed E-state index contributed by atoms with van der Waals surface area (Å²) in [6, 6.07) is 15.8. The van der Waals surface area contributed by atoms with Crippen molar-refractivity contribution in [3.05, 3.63) is 69.7 Å². The standard InChI is InChI=1S/C14H13Cl2N/c15-13-7-6-11(8-14(13)16)12(9-17)10-4-2-1-3-5-10/h1-8,12H,9,17H2/t12-/m1/s1. The summed E-state index contributed by atoms with van der Waals surface area (Å²) < 4.78 is 0. The Morgan fingerprint density at radius 2 is 1.59 bits per heavy atom. The SMILES string of the molecule is NC[C@H](c1ccccc1)c1ccc(Cl)c(Cl)c1. The molecule has 17 heavy (non-hydrogen) atoms. The number of halogens is 2. The van der Waals surface area contributed by atoms with Crippen molar-refractivity contribution in [1.29, 1.82) is 0 Å². The third-order valence-electron chi connectivity index (χ3n) is 2.78. The Balaban J connectivity index is 2.39. The van der Waals surface area contributed by atoms with E-state index in [4.69, 9.17) is 28.9 Å². The van der Waals surface area contributed by atoms with Crippen LogP contribution in [0.3, 0.4) is 0 Å². The molecule has 0 aliphatic rings. The fraction of sp³-hybridized carbons (Fsp3) is 0.143. The van der Waals surface area contributed by atoms with E-state index >= 15 is 0 Å². The lowest BCUT2D eigenvalue weighted by Crippen LogP contribution is -2.13. The van der Waals surface area contributed by atoms with E-state index in [9.17, 15) is 0 Å². The topological polar surface area (TPSA) is 26.0 Å². The molecule has 0 unspecified atom stereocenters. The minimum absolute atomic E-state index is 0.158. The Morgan fingerprint density at radius 3 is 2.18 bits per heavy atom. The Hall–Kier alpha value is -1.02. The van der Waals surface area contributed by atoms with E-state index < -0.39 is 0 Å². The lowest BCUT2D eigenvalue weighted by Gasteiger charge is -2.16. The van der Waals surface area contributed by atoms with Crippen LogP contribution in [0, 0.1) is 0 Å². The van der Waals surface area contributed by atoms with Gasteiger partial charge in [0, 0.05) is 12.5 Å². The van der Waals surface area contributed by atoms with E-state index in [0.29, 0.717) is 16.6 Å². The molecule has 2 aromatic rings. The van der Waals surface area contributed by atoms with Gasteiger partial charge in [-0.2, -0.15) is 0 Å². The van der Waals surface area contributed by atoms with E-state index in [1.54, 1.807) is 0 Å². The first-order chi connectivity index (χ1) is 8.22. The lowest BCUT2D eigenvalue weighted by atomic mass is 9.91. The summed E-state index contributed by atoms with van der Waals surface area (Å²) in [5.74, 6) is 0.158. The van der Waals surface area contributed by atoms with Crippen LogP contribution in [0.15, 0.2) is 48.5 Å². The van der Waals surface area contributed by atoms with Crippen LogP contribution in [0.2, 0.25) is 10.0 Å². The van der Waals surface area contributed by atoms with Crippen LogP contribution < -0.4 is 5.73 Å². The highest BCUT2D eigenvalue weighted by Gasteiger charge is 2.13. The third-order valence-corrected chi connectivity index (χ3v) is 3.52. The summed E-state index contributed by atoms with van der Waals surface area (Å²) in [5.41, 5.74) is 8.13. The van der Waals surface area contributed by atoms with Gasteiger partial charge < -0.3 is 5.73 Å². The molecule has 0 spiro atoms. The molecule has 0 amide bonds. The van der Waals surface area contributed by atoms with Crippen molar-refractivity contribution in [2.24, 2.45) is 5.73 Å². The maximum atomic E-state index is 6.03. The van der Waals surface area contributed by atoms with Crippen LogP contribution in [0.25, 0.3) is 0 Å². The number of hydrogen-bond acceptors (Lipinski definition) is 1. The summed E-state index contributed by atoms with van der Waals surface area (Å²) in [5, 5.41) is 1.14. The molecule has 0 fully saturated rings. The van der Waals surface area contributed by atoms with E-state index in [-0.39, 0.29) is 5.92 Å². The Kier molecular flexibility index (Phi) is 4.06. The molecular formula is C14H13Cl2N. The van der Waals surface area contributed by atoms with Crippen molar-refractivity contribution in [1.82, 2.24) is 0 Å². The first-order valence-corrected chi connectivity index (χ1v) is 6.18. The number of nitrogens with two attached hydrogens (primary N) is 1. The van der Waals surface area contributed by atoms with Crippen LogP contribution in [-0.2, 0) is 0 Å². The zero-order valence-electron chi connectivity index (χ0n) is 9.24. The van der Waals surface area contributed by atoms with Gasteiger partial charge in [-0.15, -0.1) is 0 Å². The Morgan fingerprint density at radius 1 is 0.882 bits per heavy atom. The first kappa shape index (κ1) is 12.4. The quantitative estimate of drug-likeness (QED) is 0.889. The molecule has 1 nitrogen and oxygen atoms in total. The number of benzene rings is 2. The minimum atomic E-state index is 0.158. The molecule has 0 aromatic heterocycles. The summed E-state index contributed by atoms with van der Waals surface area (Å²) in [6.07, 6.45) is 0. The van der Waals surface area contributed by atoms with Crippen LogP contribution in [0.4, 0.5) is 0 Å². The van der Waals surface area contributed by atoms with Gasteiger partial charge in [-0.1, -0.05) is 59.6 Å². The third kappa shape index (κ3) is 2.81. The molecular weight excluding hydrogens is 253 g/mol. The predicted molar refractivity (Wildman–Crippen MR) is 73.8 cm³/mol. The molecule has 0 bridgehead atoms. The summed E-state index contributed by atoms with van der Waals surface area (Å²) in [6.45, 7) is 0.544. The molecule has 0 aliphatic heterocycles. The Labute approximate surface area is 111 Å². The van der Waals surface area contributed by atoms with Gasteiger partial charge in [-0.25, -0.2) is 0 Å². The maximum absolute atomic E-state index is 6.03. The van der Waals surface area contributed by atoms with Crippen molar-refractivity contribution in [3.63, 3.8) is 0 Å². The van der Waals surface area contributed by atoms with Crippen molar-refractivity contribution < 1.29 is 0 Å². The van der Waals surface area contributed by atoms with E-state index in [1.807, 2.05) is 36.4 Å². The van der Waals surface area contributed by atoms with Gasteiger partial charge in [0.05, 0.1) is 10.0 Å². The molecule has 88 valence electrons. The normalized spacial score (nSPS) is 12.4. The fourth-order valence-corrected chi connectivity index (χ4v) is 2.19. The van der Waals surface area contributed by atoms with Crippen molar-refractivity contribution in [3.8, 4) is 0 Å². The van der Waals surface area contributed by atoms with Crippen molar-refractivity contribution >= 4 is 23.2 Å². The van der Waals surface area contributed by atoms with Crippen molar-refractivity contribution in [2.45, 2.75) is 5.92 Å². The van der Waals surface area contributed by atoms with E-state index in [2.05, 4.69) is 12.1 Å². The summed E-state index contributed by atoms with van der Waals surface area (Å²) in [7, 11) is 0. The Bertz CT molecular complexity index is 497. The molecule has 0 radical (unpaired) electrons. The van der Waals surface area contributed by atoms with Gasteiger partial charge >= 0.3 is 0 Å². The summed E-state index contributed by atoms with van der Waals surface area (Å²) >= 11 is 11.9. The van der Waals surface area contributed by atoms with Gasteiger partial charge in [0.15, 0.2) is 0 Å². The van der Waals surface area contributed by atoms with Crippen LogP contribution in [0.1, 0.15) is 17.0 Å². The molecule has 2 N–H and O–H groups in total. The van der Waals surface area contributed by atoms with Crippen molar-refractivity contribution in [2.75, 3.05) is 6.54 Å². The molecule has 0 saturated heterocycles. The van der Waals surface area contributed by atoms with Gasteiger partial charge in [-0.05, 0) is 23.3 Å². The second-order valence-electron chi connectivity index (χ2n) is 3.87. The smallest absolute Gasteiger partial charge is 0.0595 e. The fourth-order valence-electron chi connectivity index (χ4n) is 1.88. The first-order valence-electron chi connectivity index (χ1n) is 5.42. The van der Waals surface area contributed by atoms with Crippen LogP contribution in [0.5, 0.6) is 0 Å². The zero-order valence-corrected chi connectivity index (χ0v) is 10.7. The van der Waals surface area contributed by atoms with Gasteiger partial charge in [0.2, 0.25) is 0 Å². The second-order valence-corrected chi connectivity index (χ2v) is 4.69. The highest BCUT2D eigenvalue weighted by atomic mass is 35.5. The van der Waals surface area contributed by atoms with Gasteiger partial charge in [0.1, 0.15) is 0 Å². The zero-order chi connectivity index (χ0) is 12.3. The maximum Gasteiger partial charge on any atom is 0.0595 e. The molecule has 1 atom stereocenters. The predicted octanol–water partition coefficient (Wildman–Crippen LogP) is 4.08. The molecule has 3 heteroatoms. The average Bonchev–Trinajstić information content (AvgIpc) is 2.36. The molecule has 0 aliphatic carbocycles. The number of hydrogen-bond donors (Lipinski definition) is 1. The second kappa shape index (κ2) is 5.54. The molecule has 0 heterocycles. The monoisotopic (exact) mass is 265 g/mol.